The van der Waals surface area contributed by atoms with Crippen LogP contribution in [0.3, 0.4) is 0 Å². The fraction of sp³-hybridized carbons (Fsp3) is 0.250. The van der Waals surface area contributed by atoms with Crippen molar-refractivity contribution in [2.45, 2.75) is 46.5 Å². The highest BCUT2D eigenvalue weighted by atomic mass is 32.2. The zero-order valence-corrected chi connectivity index (χ0v) is 25.4. The number of rotatable bonds is 6. The summed E-state index contributed by atoms with van der Waals surface area (Å²) in [5.41, 5.74) is 6.74. The van der Waals surface area contributed by atoms with Gasteiger partial charge in [0.15, 0.2) is 11.0 Å². The molecule has 1 N–H and O–H groups in total. The number of anilines is 1. The second-order valence-electron chi connectivity index (χ2n) is 10.5. The molecular weight excluding hydrogens is 589 g/mol. The molecular formula is C32H31F3N6O2S. The molecule has 1 unspecified atom stereocenters. The van der Waals surface area contributed by atoms with Crippen molar-refractivity contribution in [3.05, 3.63) is 95.4 Å². The molecule has 0 bridgehead atoms. The average Bonchev–Trinajstić information content (AvgIpc) is 3.44. The number of carbonyl (C=O) groups is 1. The van der Waals surface area contributed by atoms with Gasteiger partial charge < -0.3 is 15.0 Å². The molecule has 0 radical (unpaired) electrons. The van der Waals surface area contributed by atoms with Crippen LogP contribution in [0.1, 0.15) is 35.6 Å². The first-order valence-corrected chi connectivity index (χ1v) is 14.9. The number of carbonyl (C=O) groups excluding carboxylic acids is 1. The number of nitrogens with zero attached hydrogens (tertiary/aromatic N) is 5. The molecule has 1 aliphatic heterocycles. The van der Waals surface area contributed by atoms with Gasteiger partial charge in [-0.05, 0) is 81.1 Å². The number of hydrogen-bond donors (Lipinski definition) is 1. The topological polar surface area (TPSA) is 84.6 Å². The Hall–Kier alpha value is -4.58. The summed E-state index contributed by atoms with van der Waals surface area (Å²) in [5.74, 6) is 1.03. The summed E-state index contributed by atoms with van der Waals surface area (Å²) in [6.07, 6.45) is 1.05. The number of halogens is 3. The van der Waals surface area contributed by atoms with E-state index in [2.05, 4.69) is 69.9 Å². The van der Waals surface area contributed by atoms with E-state index in [4.69, 9.17) is 0 Å². The first-order valence-electron chi connectivity index (χ1n) is 13.9. The number of amidine groups is 1. The molecule has 2 amide bonds. The maximum atomic E-state index is 12.8. The lowest BCUT2D eigenvalue weighted by molar-refractivity contribution is -0.274. The van der Waals surface area contributed by atoms with E-state index in [0.717, 1.165) is 40.1 Å². The minimum Gasteiger partial charge on any atom is -0.406 e. The number of benzene rings is 3. The van der Waals surface area contributed by atoms with Gasteiger partial charge in [-0.15, -0.1) is 18.3 Å². The van der Waals surface area contributed by atoms with E-state index >= 15 is 0 Å². The number of aromatic nitrogens is 3. The molecule has 44 heavy (non-hydrogen) atoms. The van der Waals surface area contributed by atoms with Gasteiger partial charge in [-0.2, -0.15) is 4.99 Å². The molecule has 1 fully saturated rings. The molecule has 12 heteroatoms. The quantitative estimate of drug-likeness (QED) is 0.237. The summed E-state index contributed by atoms with van der Waals surface area (Å²) in [7, 11) is 0. The Morgan fingerprint density at radius 2 is 1.75 bits per heavy atom. The van der Waals surface area contributed by atoms with Crippen LogP contribution >= 0.6 is 11.8 Å². The Balaban J connectivity index is 1.22. The smallest absolute Gasteiger partial charge is 0.406 e. The third-order valence-corrected chi connectivity index (χ3v) is 7.95. The van der Waals surface area contributed by atoms with Crippen molar-refractivity contribution >= 4 is 34.7 Å². The second kappa shape index (κ2) is 13.0. The van der Waals surface area contributed by atoms with Crippen molar-refractivity contribution in [2.75, 3.05) is 10.7 Å². The standard InChI is InChI=1S/C32H31F3N6O2S/c1-20-17-21(2)28(22(3)18-20)41-23(4)14-16-44-31(41)38-30(42)36-15-13-24-5-7-25(8-6-24)29-37-19-40(39-29)26-9-11-27(12-10-26)43-32(33,34)35/h5-13,15,17-19,23H,14,16H2,1-4H3,(H,36,42)/b15-13+,38-31-. The van der Waals surface area contributed by atoms with Gasteiger partial charge in [-0.3, -0.25) is 0 Å². The van der Waals surface area contributed by atoms with Crippen LogP contribution in [-0.2, 0) is 0 Å². The zero-order chi connectivity index (χ0) is 31.4. The lowest BCUT2D eigenvalue weighted by Crippen LogP contribution is -2.42. The minimum atomic E-state index is -4.75. The normalized spacial score (nSPS) is 16.5. The predicted molar refractivity (Wildman–Crippen MR) is 168 cm³/mol. The maximum absolute atomic E-state index is 12.8. The van der Waals surface area contributed by atoms with Gasteiger partial charge in [-0.1, -0.05) is 53.7 Å². The van der Waals surface area contributed by atoms with E-state index in [1.165, 1.54) is 40.8 Å². The van der Waals surface area contributed by atoms with E-state index < -0.39 is 12.4 Å². The number of ether oxygens (including phenoxy) is 1. The predicted octanol–water partition coefficient (Wildman–Crippen LogP) is 7.83. The van der Waals surface area contributed by atoms with E-state index in [0.29, 0.717) is 16.7 Å². The minimum absolute atomic E-state index is 0.219. The van der Waals surface area contributed by atoms with E-state index in [1.807, 2.05) is 24.3 Å². The van der Waals surface area contributed by atoms with Crippen LogP contribution in [-0.4, -0.2) is 44.1 Å². The van der Waals surface area contributed by atoms with Crippen molar-refractivity contribution in [3.8, 4) is 22.8 Å². The van der Waals surface area contributed by atoms with Gasteiger partial charge in [0.05, 0.1) is 5.69 Å². The van der Waals surface area contributed by atoms with Crippen molar-refractivity contribution in [3.63, 3.8) is 0 Å². The second-order valence-corrected chi connectivity index (χ2v) is 11.5. The third kappa shape index (κ3) is 7.49. The van der Waals surface area contributed by atoms with Crippen molar-refractivity contribution in [2.24, 2.45) is 4.99 Å². The summed E-state index contributed by atoms with van der Waals surface area (Å²) in [5, 5.41) is 7.85. The van der Waals surface area contributed by atoms with Crippen LogP contribution in [0, 0.1) is 20.8 Å². The van der Waals surface area contributed by atoms with Gasteiger partial charge in [0, 0.05) is 29.2 Å². The van der Waals surface area contributed by atoms with Crippen LogP contribution < -0.4 is 15.0 Å². The van der Waals surface area contributed by atoms with Gasteiger partial charge in [-0.25, -0.2) is 14.5 Å². The maximum Gasteiger partial charge on any atom is 0.573 e. The van der Waals surface area contributed by atoms with Crippen LogP contribution in [0.5, 0.6) is 5.75 Å². The van der Waals surface area contributed by atoms with Crippen LogP contribution in [0.4, 0.5) is 23.7 Å². The van der Waals surface area contributed by atoms with E-state index in [-0.39, 0.29) is 11.8 Å². The molecule has 0 aliphatic carbocycles. The largest absolute Gasteiger partial charge is 0.573 e. The average molecular weight is 621 g/mol. The Kier molecular flexibility index (Phi) is 9.09. The number of aliphatic imine (C=N–C) groups is 1. The summed E-state index contributed by atoms with van der Waals surface area (Å²) in [6, 6.07) is 16.8. The van der Waals surface area contributed by atoms with Crippen LogP contribution in [0.2, 0.25) is 0 Å². The highest BCUT2D eigenvalue weighted by Gasteiger charge is 2.31. The molecule has 0 spiro atoms. The first-order chi connectivity index (χ1) is 21.0. The van der Waals surface area contributed by atoms with Crippen molar-refractivity contribution < 1.29 is 22.7 Å². The zero-order valence-electron chi connectivity index (χ0n) is 24.6. The molecule has 8 nitrogen and oxygen atoms in total. The lowest BCUT2D eigenvalue weighted by Gasteiger charge is -2.37. The molecule has 4 aromatic rings. The summed E-state index contributed by atoms with van der Waals surface area (Å²) < 4.78 is 42.6. The van der Waals surface area contributed by atoms with Crippen LogP contribution in [0.15, 0.2) is 78.2 Å². The Labute approximate surface area is 257 Å². The molecule has 5 rings (SSSR count). The Morgan fingerprint density at radius 1 is 1.07 bits per heavy atom. The number of nitrogens with one attached hydrogen (secondary N) is 1. The lowest BCUT2D eigenvalue weighted by atomic mass is 10.0. The summed E-state index contributed by atoms with van der Waals surface area (Å²) in [4.78, 5) is 23.7. The molecule has 1 aromatic heterocycles. The highest BCUT2D eigenvalue weighted by Crippen LogP contribution is 2.34. The van der Waals surface area contributed by atoms with Gasteiger partial charge in [0.2, 0.25) is 0 Å². The fourth-order valence-corrected chi connectivity index (χ4v) is 6.25. The highest BCUT2D eigenvalue weighted by molar-refractivity contribution is 8.14. The Morgan fingerprint density at radius 3 is 2.41 bits per heavy atom. The molecule has 3 aromatic carbocycles. The third-order valence-electron chi connectivity index (χ3n) is 6.97. The molecule has 0 saturated carbocycles. The van der Waals surface area contributed by atoms with Crippen LogP contribution in [0.25, 0.3) is 23.2 Å². The Bertz CT molecular complexity index is 1680. The molecule has 1 aliphatic rings. The van der Waals surface area contributed by atoms with Crippen molar-refractivity contribution in [1.82, 2.24) is 20.1 Å². The molecule has 228 valence electrons. The molecule has 1 atom stereocenters. The number of hydrogen-bond acceptors (Lipinski definition) is 5. The number of urea groups is 1. The van der Waals surface area contributed by atoms with Gasteiger partial charge >= 0.3 is 12.4 Å². The molecule has 1 saturated heterocycles. The summed E-state index contributed by atoms with van der Waals surface area (Å²) >= 11 is 1.58. The first kappa shape index (κ1) is 30.9. The number of alkyl halides is 3. The monoisotopic (exact) mass is 620 g/mol. The van der Waals surface area contributed by atoms with E-state index in [9.17, 15) is 18.0 Å². The molecule has 2 heterocycles. The summed E-state index contributed by atoms with van der Waals surface area (Å²) in [6.45, 7) is 8.42. The number of amides is 2. The van der Waals surface area contributed by atoms with Gasteiger partial charge in [0.1, 0.15) is 12.1 Å². The van der Waals surface area contributed by atoms with E-state index in [1.54, 1.807) is 24.0 Å². The number of aryl methyl sites for hydroxylation is 3. The number of thioether (sulfide) groups is 1. The van der Waals surface area contributed by atoms with Gasteiger partial charge in [0.25, 0.3) is 0 Å². The SMILES string of the molecule is Cc1cc(C)c(N2/C(=N/C(=O)N/C=C/c3ccc(-c4ncn(-c5ccc(OC(F)(F)F)cc5)n4)cc3)SCCC2C)c(C)c1. The van der Waals surface area contributed by atoms with Crippen molar-refractivity contribution in [1.29, 1.82) is 0 Å². The fourth-order valence-electron chi connectivity index (χ4n) is 5.05.